The minimum Gasteiger partial charge on any atom is -0.379 e. The van der Waals surface area contributed by atoms with Gasteiger partial charge in [0.25, 0.3) is 16.1 Å². The molecule has 0 bridgehead atoms. The van der Waals surface area contributed by atoms with Crippen molar-refractivity contribution in [2.75, 3.05) is 52.5 Å². The second-order valence-corrected chi connectivity index (χ2v) is 9.08. The Morgan fingerprint density at radius 3 is 2.24 bits per heavy atom. The van der Waals surface area contributed by atoms with E-state index in [2.05, 4.69) is 5.16 Å². The van der Waals surface area contributed by atoms with Crippen LogP contribution in [0.25, 0.3) is 11.3 Å². The van der Waals surface area contributed by atoms with E-state index in [4.69, 9.17) is 9.26 Å². The minimum absolute atomic E-state index is 0.227. The number of hydrogen-bond acceptors (Lipinski definition) is 6. The Morgan fingerprint density at radius 2 is 1.59 bits per heavy atom. The van der Waals surface area contributed by atoms with Crippen molar-refractivity contribution in [1.82, 2.24) is 18.7 Å². The van der Waals surface area contributed by atoms with Crippen LogP contribution in [-0.4, -0.2) is 85.5 Å². The summed E-state index contributed by atoms with van der Waals surface area (Å²) in [4.78, 5) is 14.4. The number of aryl methyl sites for hydroxylation is 1. The predicted molar refractivity (Wildman–Crippen MR) is 105 cm³/mol. The average molecular weight is 420 g/mol. The van der Waals surface area contributed by atoms with Crippen LogP contribution in [0.15, 0.2) is 34.9 Å². The highest BCUT2D eigenvalue weighted by atomic mass is 32.2. The zero-order chi connectivity index (χ0) is 20.4. The van der Waals surface area contributed by atoms with E-state index < -0.39 is 10.2 Å². The lowest BCUT2D eigenvalue weighted by Crippen LogP contribution is -2.55. The van der Waals surface area contributed by atoms with E-state index in [9.17, 15) is 13.2 Å². The van der Waals surface area contributed by atoms with Crippen LogP contribution in [0, 0.1) is 6.92 Å². The molecule has 0 aliphatic carbocycles. The highest BCUT2D eigenvalue weighted by Crippen LogP contribution is 2.22. The number of rotatable bonds is 4. The molecular weight excluding hydrogens is 396 g/mol. The molecule has 156 valence electrons. The molecule has 0 radical (unpaired) electrons. The molecule has 4 rings (SSSR count). The first-order valence-electron chi connectivity index (χ1n) is 9.61. The molecule has 10 heteroatoms. The van der Waals surface area contributed by atoms with Crippen LogP contribution in [0.4, 0.5) is 0 Å². The van der Waals surface area contributed by atoms with E-state index in [0.717, 1.165) is 11.1 Å². The molecule has 0 saturated carbocycles. The van der Waals surface area contributed by atoms with Crippen LogP contribution >= 0.6 is 0 Å². The second kappa shape index (κ2) is 8.23. The SMILES string of the molecule is Cc1ccc(-c2cc(C(=O)N3CCN(S(=O)(=O)N4CCOCC4)CC3)no2)cc1. The number of hydrogen-bond donors (Lipinski definition) is 0. The van der Waals surface area contributed by atoms with Crippen molar-refractivity contribution in [3.05, 3.63) is 41.6 Å². The first-order chi connectivity index (χ1) is 13.9. The summed E-state index contributed by atoms with van der Waals surface area (Å²) in [5, 5.41) is 3.91. The van der Waals surface area contributed by atoms with Crippen LogP contribution < -0.4 is 0 Å². The molecule has 9 nitrogen and oxygen atoms in total. The molecule has 29 heavy (non-hydrogen) atoms. The number of aromatic nitrogens is 1. The molecule has 1 aromatic heterocycles. The number of ether oxygens (including phenoxy) is 1. The van der Waals surface area contributed by atoms with Crippen molar-refractivity contribution < 1.29 is 22.5 Å². The molecule has 0 unspecified atom stereocenters. The summed E-state index contributed by atoms with van der Waals surface area (Å²) in [7, 11) is -3.52. The maximum Gasteiger partial charge on any atom is 0.282 e. The van der Waals surface area contributed by atoms with E-state index in [1.165, 1.54) is 8.61 Å². The fourth-order valence-electron chi connectivity index (χ4n) is 3.45. The van der Waals surface area contributed by atoms with Gasteiger partial charge in [0, 0.05) is 50.9 Å². The van der Waals surface area contributed by atoms with Crippen molar-refractivity contribution in [3.63, 3.8) is 0 Å². The lowest BCUT2D eigenvalue weighted by Gasteiger charge is -2.37. The fraction of sp³-hybridized carbons (Fsp3) is 0.474. The fourth-order valence-corrected chi connectivity index (χ4v) is 5.02. The second-order valence-electron chi connectivity index (χ2n) is 7.15. The van der Waals surface area contributed by atoms with Crippen LogP contribution in [0.2, 0.25) is 0 Å². The number of morpholine rings is 1. The molecule has 1 aromatic carbocycles. The summed E-state index contributed by atoms with van der Waals surface area (Å²) in [5.74, 6) is 0.275. The van der Waals surface area contributed by atoms with Gasteiger partial charge in [0.1, 0.15) is 0 Å². The molecule has 0 spiro atoms. The lowest BCUT2D eigenvalue weighted by atomic mass is 10.1. The van der Waals surface area contributed by atoms with Gasteiger partial charge in [-0.05, 0) is 6.92 Å². The zero-order valence-electron chi connectivity index (χ0n) is 16.3. The van der Waals surface area contributed by atoms with Crippen LogP contribution in [0.5, 0.6) is 0 Å². The molecule has 2 saturated heterocycles. The van der Waals surface area contributed by atoms with Gasteiger partial charge in [0.05, 0.1) is 13.2 Å². The Balaban J connectivity index is 1.38. The van der Waals surface area contributed by atoms with Gasteiger partial charge in [-0.15, -0.1) is 0 Å². The lowest BCUT2D eigenvalue weighted by molar-refractivity contribution is 0.0631. The first-order valence-corrected chi connectivity index (χ1v) is 11.0. The maximum absolute atomic E-state index is 12.8. The van der Waals surface area contributed by atoms with Crippen molar-refractivity contribution in [2.24, 2.45) is 0 Å². The molecule has 3 heterocycles. The third-order valence-corrected chi connectivity index (χ3v) is 7.25. The third-order valence-electron chi connectivity index (χ3n) is 5.21. The first kappa shape index (κ1) is 20.0. The van der Waals surface area contributed by atoms with Gasteiger partial charge in [-0.25, -0.2) is 0 Å². The molecule has 2 aliphatic heterocycles. The van der Waals surface area contributed by atoms with Crippen LogP contribution in [0.3, 0.4) is 0 Å². The van der Waals surface area contributed by atoms with Crippen molar-refractivity contribution in [1.29, 1.82) is 0 Å². The Labute approximate surface area is 170 Å². The van der Waals surface area contributed by atoms with E-state index in [-0.39, 0.29) is 24.7 Å². The normalized spacial score (nSPS) is 19.4. The number of piperazine rings is 1. The molecule has 0 atom stereocenters. The van der Waals surface area contributed by atoms with Gasteiger partial charge < -0.3 is 14.2 Å². The van der Waals surface area contributed by atoms with Gasteiger partial charge in [-0.1, -0.05) is 35.0 Å². The highest BCUT2D eigenvalue weighted by molar-refractivity contribution is 7.86. The van der Waals surface area contributed by atoms with Crippen LogP contribution in [-0.2, 0) is 14.9 Å². The minimum atomic E-state index is -3.52. The van der Waals surface area contributed by atoms with Crippen molar-refractivity contribution >= 4 is 16.1 Å². The van der Waals surface area contributed by atoms with Gasteiger partial charge in [0.2, 0.25) is 0 Å². The molecule has 2 fully saturated rings. The quantitative estimate of drug-likeness (QED) is 0.732. The van der Waals surface area contributed by atoms with Gasteiger partial charge in [-0.3, -0.25) is 4.79 Å². The Hall–Kier alpha value is -2.27. The molecular formula is C19H24N4O5S. The van der Waals surface area contributed by atoms with Gasteiger partial charge in [0.15, 0.2) is 11.5 Å². The summed E-state index contributed by atoms with van der Waals surface area (Å²) in [6.07, 6.45) is 0. The predicted octanol–water partition coefficient (Wildman–Crippen LogP) is 0.985. The zero-order valence-corrected chi connectivity index (χ0v) is 17.1. The monoisotopic (exact) mass is 420 g/mol. The smallest absolute Gasteiger partial charge is 0.282 e. The average Bonchev–Trinajstić information content (AvgIpc) is 3.25. The molecule has 2 aliphatic rings. The third kappa shape index (κ3) is 4.20. The summed E-state index contributed by atoms with van der Waals surface area (Å²) in [5.41, 5.74) is 2.21. The largest absolute Gasteiger partial charge is 0.379 e. The van der Waals surface area contributed by atoms with E-state index in [1.54, 1.807) is 11.0 Å². The number of amides is 1. The number of carbonyl (C=O) groups is 1. The maximum atomic E-state index is 12.8. The summed E-state index contributed by atoms with van der Waals surface area (Å²) >= 11 is 0. The van der Waals surface area contributed by atoms with E-state index in [0.29, 0.717) is 45.2 Å². The van der Waals surface area contributed by atoms with E-state index >= 15 is 0 Å². The summed E-state index contributed by atoms with van der Waals surface area (Å²) in [6, 6.07) is 9.39. The molecule has 2 aromatic rings. The highest BCUT2D eigenvalue weighted by Gasteiger charge is 2.34. The van der Waals surface area contributed by atoms with Gasteiger partial charge >= 0.3 is 0 Å². The number of nitrogens with zero attached hydrogens (tertiary/aromatic N) is 4. The van der Waals surface area contributed by atoms with Gasteiger partial charge in [-0.2, -0.15) is 17.0 Å². The summed E-state index contributed by atoms with van der Waals surface area (Å²) in [6.45, 7) is 4.69. The Bertz CT molecular complexity index is 959. The number of benzene rings is 1. The van der Waals surface area contributed by atoms with E-state index in [1.807, 2.05) is 31.2 Å². The van der Waals surface area contributed by atoms with Crippen LogP contribution in [0.1, 0.15) is 16.1 Å². The molecule has 0 N–H and O–H groups in total. The van der Waals surface area contributed by atoms with Crippen molar-refractivity contribution in [2.45, 2.75) is 6.92 Å². The summed E-state index contributed by atoms with van der Waals surface area (Å²) < 4.78 is 38.9. The van der Waals surface area contributed by atoms with Crippen molar-refractivity contribution in [3.8, 4) is 11.3 Å². The standard InChI is InChI=1S/C19H24N4O5S/c1-15-2-4-16(5-3-15)18-14-17(20-28-18)19(24)21-6-8-22(9-7-21)29(25,26)23-10-12-27-13-11-23/h2-5,14H,6-13H2,1H3. The topological polar surface area (TPSA) is 96.2 Å². The Kier molecular flexibility index (Phi) is 5.68. The Morgan fingerprint density at radius 1 is 0.966 bits per heavy atom. The number of carbonyl (C=O) groups excluding carboxylic acids is 1. The molecule has 1 amide bonds.